The number of rotatable bonds is 35. The van der Waals surface area contributed by atoms with Crippen molar-refractivity contribution < 1.29 is 67.0 Å². The van der Waals surface area contributed by atoms with Gasteiger partial charge in [-0.3, -0.25) is 28.8 Å². The van der Waals surface area contributed by atoms with Crippen molar-refractivity contribution in [1.29, 1.82) is 0 Å². The Labute approximate surface area is 857 Å². The van der Waals surface area contributed by atoms with E-state index in [1.807, 2.05) is 106 Å². The van der Waals surface area contributed by atoms with E-state index < -0.39 is 0 Å². The molecule has 12 aromatic rings. The van der Waals surface area contributed by atoms with Gasteiger partial charge in [-0.15, -0.1) is 0 Å². The van der Waals surface area contributed by atoms with E-state index in [4.69, 9.17) is 33.2 Å². The third-order valence-electron chi connectivity index (χ3n) is 26.9. The highest BCUT2D eigenvalue weighted by Crippen LogP contribution is 2.43. The van der Waals surface area contributed by atoms with E-state index in [0.717, 1.165) is 158 Å². The summed E-state index contributed by atoms with van der Waals surface area (Å²) in [6, 6.07) is 61.2. The lowest BCUT2D eigenvalue weighted by molar-refractivity contribution is -0.120. The lowest BCUT2D eigenvalue weighted by atomic mass is 9.96. The molecule has 0 spiro atoms. The predicted molar refractivity (Wildman–Crippen MR) is 583 cm³/mol. The van der Waals surface area contributed by atoms with Crippen LogP contribution in [-0.2, 0) is 120 Å². The molecule has 0 aromatic heterocycles. The van der Waals surface area contributed by atoms with Gasteiger partial charge in [0.25, 0.3) is 0 Å². The van der Waals surface area contributed by atoms with Gasteiger partial charge in [0.2, 0.25) is 35.4 Å². The van der Waals surface area contributed by atoms with Crippen molar-refractivity contribution in [3.05, 3.63) is 377 Å². The average molecular weight is 1950 g/mol. The first kappa shape index (κ1) is 115. The van der Waals surface area contributed by atoms with Crippen LogP contribution < -0.4 is 65.1 Å². The molecule has 20 nitrogen and oxygen atoms in total. The van der Waals surface area contributed by atoms with Crippen LogP contribution in [0.15, 0.2) is 182 Å². The zero-order valence-electron chi connectivity index (χ0n) is 90.7. The first-order chi connectivity index (χ1) is 68.7. The maximum absolute atomic E-state index is 11.9. The fourth-order valence-electron chi connectivity index (χ4n) is 16.8. The predicted octanol–water partition coefficient (Wildman–Crippen LogP) is 22.8. The monoisotopic (exact) mass is 1950 g/mol. The number of nitrogens with one attached hydrogen (secondary N) is 6. The van der Waals surface area contributed by atoms with Crippen molar-refractivity contribution in [2.75, 3.05) is 48.9 Å². The summed E-state index contributed by atoms with van der Waals surface area (Å²) in [5.74, 6) is 6.73. The van der Waals surface area contributed by atoms with Crippen molar-refractivity contribution in [1.82, 2.24) is 31.9 Å². The maximum Gasteiger partial charge on any atom is 0.224 e. The molecule has 1 aliphatic rings. The average Bonchev–Trinajstić information content (AvgIpc) is 1.64. The van der Waals surface area contributed by atoms with Crippen LogP contribution >= 0.6 is 0 Å². The number of aliphatic hydroxyl groups excluding tert-OH is 1. The largest absolute Gasteiger partial charge is 0.493 e. The fraction of sp³-hybridized carbons (Fsp3) is 0.371. The van der Waals surface area contributed by atoms with E-state index in [2.05, 4.69) is 261 Å². The second-order valence-corrected chi connectivity index (χ2v) is 37.7. The molecule has 0 radical (unpaired) electrons. The lowest BCUT2D eigenvalue weighted by Crippen LogP contribution is -2.21. The van der Waals surface area contributed by atoms with Crippen molar-refractivity contribution in [2.45, 2.75) is 262 Å². The van der Waals surface area contributed by atoms with Crippen LogP contribution in [-0.4, -0.2) is 89.4 Å². The molecule has 0 bridgehead atoms. The van der Waals surface area contributed by atoms with Crippen LogP contribution in [0, 0.1) is 138 Å². The standard InChI is InChI=1S/C22H27NO2.C21H27NO3.C21H27NO2.C20H25NO3.2C20H25NO2/c1-14-10-16(3)21(11-15(14)2)25-13-20-18(12-22(24)23-4)6-5-7-19(20)17-8-9-17;1-6-24-19-9-7-8-17(12-21(23)22-5)18(19)13-25-20-11-15(3)14(2)10-16(20)4;1-6-17-8-7-9-18(12-21(23)22-5)19(17)13-24-20-11-15(3)14(2)10-16(20)4;1-13-8-15(3)19(9-14(13)2)24-12-18-16(10-20(23)21-4)6-5-7-17(18)11-22;2*1-13-7-6-8-17(11-20(22)21-5)18(13)12-23-19-10-15(3)14(2)9-16(19)4/h5-7,10-11,17H,8-9,12-13H2,1-4H3,(H,23,24);7-11H,6,12-13H2,1-5H3,(H,22,23);7-11H,6,12-13H2,1-5H3,(H,22,23);5-9,22H,10-12H2,1-4H3,(H,21,23);2*6-10H,11-12H2,1-5H3,(H,21,22). The van der Waals surface area contributed by atoms with Crippen LogP contribution in [0.3, 0.4) is 0 Å². The Bertz CT molecular complexity index is 6190. The highest BCUT2D eigenvalue weighted by Gasteiger charge is 2.29. The number of carbonyl (C=O) groups is 6. The minimum absolute atomic E-state index is 0.0132. The Hall–Kier alpha value is -14.0. The fourth-order valence-corrected chi connectivity index (χ4v) is 16.8. The van der Waals surface area contributed by atoms with E-state index in [1.54, 1.807) is 42.3 Å². The van der Waals surface area contributed by atoms with Gasteiger partial charge in [-0.25, -0.2) is 0 Å². The van der Waals surface area contributed by atoms with Crippen molar-refractivity contribution in [3.63, 3.8) is 0 Å². The third kappa shape index (κ3) is 34.1. The molecule has 144 heavy (non-hydrogen) atoms. The number of likely N-dealkylation sites (N-methyl/N-ethyl adjacent to an activating group) is 6. The first-order valence-corrected chi connectivity index (χ1v) is 50.0. The molecule has 1 saturated carbocycles. The Balaban J connectivity index is 0.000000211. The van der Waals surface area contributed by atoms with Gasteiger partial charge in [0, 0.05) is 47.8 Å². The molecule has 0 saturated heterocycles. The molecule has 7 N–H and O–H groups in total. The molecule has 766 valence electrons. The highest BCUT2D eigenvalue weighted by atomic mass is 16.5. The summed E-state index contributed by atoms with van der Waals surface area (Å²) in [5, 5.41) is 25.7. The summed E-state index contributed by atoms with van der Waals surface area (Å²) in [5.41, 5.74) is 39.5. The first-order valence-electron chi connectivity index (χ1n) is 50.0. The number of aliphatic hydroxyl groups is 1. The highest BCUT2D eigenvalue weighted by molar-refractivity contribution is 5.82. The molecule has 1 aliphatic carbocycles. The van der Waals surface area contributed by atoms with Gasteiger partial charge in [0.05, 0.1) is 51.7 Å². The molecular weight excluding hydrogens is 1800 g/mol. The number of amides is 6. The van der Waals surface area contributed by atoms with E-state index in [-0.39, 0.29) is 48.5 Å². The zero-order valence-corrected chi connectivity index (χ0v) is 90.7. The molecular formula is C124H156N6O14. The molecule has 0 aliphatic heterocycles. The zero-order chi connectivity index (χ0) is 106. The number of hydrogen-bond acceptors (Lipinski definition) is 14. The topological polar surface area (TPSA) is 259 Å². The van der Waals surface area contributed by atoms with E-state index in [1.165, 1.54) is 96.3 Å². The molecule has 0 heterocycles. The quantitative estimate of drug-likeness (QED) is 0.0195. The molecule has 20 heteroatoms. The summed E-state index contributed by atoms with van der Waals surface area (Å²) in [7, 11) is 9.93. The van der Waals surface area contributed by atoms with Crippen molar-refractivity contribution in [3.8, 4) is 40.2 Å². The molecule has 6 amide bonds. The molecule has 0 atom stereocenters. The summed E-state index contributed by atoms with van der Waals surface area (Å²) < 4.78 is 42.3. The summed E-state index contributed by atoms with van der Waals surface area (Å²) in [6.45, 7) is 48.8. The number of carbonyl (C=O) groups excluding carboxylic acids is 6. The van der Waals surface area contributed by atoms with Gasteiger partial charge in [0.1, 0.15) is 79.9 Å². The summed E-state index contributed by atoms with van der Waals surface area (Å²) in [6.07, 6.45) is 5.52. The van der Waals surface area contributed by atoms with Crippen LogP contribution in [0.4, 0.5) is 0 Å². The number of hydrogen-bond donors (Lipinski definition) is 7. The van der Waals surface area contributed by atoms with Gasteiger partial charge in [0.15, 0.2) is 0 Å². The normalized spacial score (nSPS) is 11.0. The minimum atomic E-state index is -0.0772. The Morgan fingerprint density at radius 2 is 0.451 bits per heavy atom. The van der Waals surface area contributed by atoms with E-state index in [0.29, 0.717) is 84.3 Å². The van der Waals surface area contributed by atoms with Gasteiger partial charge in [-0.2, -0.15) is 0 Å². The third-order valence-corrected chi connectivity index (χ3v) is 26.9. The van der Waals surface area contributed by atoms with Crippen LogP contribution in [0.2, 0.25) is 0 Å². The molecule has 1 fully saturated rings. The summed E-state index contributed by atoms with van der Waals surface area (Å²) >= 11 is 0. The number of benzene rings is 12. The molecule has 0 unspecified atom stereocenters. The minimum Gasteiger partial charge on any atom is -0.493 e. The molecule has 13 rings (SSSR count). The summed E-state index contributed by atoms with van der Waals surface area (Å²) in [4.78, 5) is 70.6. The SMILES string of the molecule is CCOc1cccc(CC(=O)NC)c1COc1cc(C)c(C)cc1C.CCc1cccc(CC(=O)NC)c1COc1cc(C)c(C)cc1C.CNC(=O)Cc1cccc(C)c1COc1cc(C)c(C)cc1C.CNC(=O)Cc1cccc(C)c1COc1cc(C)c(C)cc1C.CNC(=O)Cc1cccc(C2CC2)c1COc1cc(C)c(C)cc1C.CNC(=O)Cc1cccc(CO)c1COc1cc(C)c(C)cc1C. The second kappa shape index (κ2) is 56.8. The van der Waals surface area contributed by atoms with Gasteiger partial charge >= 0.3 is 0 Å². The van der Waals surface area contributed by atoms with Crippen LogP contribution in [0.1, 0.15) is 227 Å². The van der Waals surface area contributed by atoms with Gasteiger partial charge in [-0.05, 0) is 402 Å². The maximum atomic E-state index is 11.9. The smallest absolute Gasteiger partial charge is 0.224 e. The van der Waals surface area contributed by atoms with Crippen molar-refractivity contribution >= 4 is 35.4 Å². The van der Waals surface area contributed by atoms with Crippen LogP contribution in [0.5, 0.6) is 40.2 Å². The van der Waals surface area contributed by atoms with Gasteiger partial charge in [-0.1, -0.05) is 146 Å². The number of aryl methyl sites for hydroxylation is 21. The Morgan fingerprint density at radius 1 is 0.236 bits per heavy atom. The lowest BCUT2D eigenvalue weighted by Gasteiger charge is -2.17. The van der Waals surface area contributed by atoms with Crippen LogP contribution in [0.25, 0.3) is 0 Å². The van der Waals surface area contributed by atoms with Crippen molar-refractivity contribution in [2.24, 2.45) is 0 Å². The second-order valence-electron chi connectivity index (χ2n) is 37.7. The Morgan fingerprint density at radius 3 is 0.722 bits per heavy atom. The van der Waals surface area contributed by atoms with Gasteiger partial charge < -0.3 is 70.2 Å². The van der Waals surface area contributed by atoms with E-state index >= 15 is 0 Å². The Kier molecular flexibility index (Phi) is 45.4. The molecule has 12 aromatic carbocycles. The van der Waals surface area contributed by atoms with E-state index in [9.17, 15) is 33.9 Å². The number of ether oxygens (including phenoxy) is 7.